The molecule has 2 aliphatic heterocycles. The summed E-state index contributed by atoms with van der Waals surface area (Å²) < 4.78 is 27.6. The molecule has 0 saturated carbocycles. The summed E-state index contributed by atoms with van der Waals surface area (Å²) in [5.41, 5.74) is 2.16. The Bertz CT molecular complexity index is 1330. The lowest BCUT2D eigenvalue weighted by Crippen LogP contribution is -2.35. The van der Waals surface area contributed by atoms with Crippen molar-refractivity contribution in [3.63, 3.8) is 0 Å². The van der Waals surface area contributed by atoms with Gasteiger partial charge < -0.3 is 49.7 Å². The van der Waals surface area contributed by atoms with Crippen LogP contribution >= 0.6 is 48.9 Å². The van der Waals surface area contributed by atoms with Crippen molar-refractivity contribution in [2.75, 3.05) is 76.1 Å². The molecule has 0 radical (unpaired) electrons. The normalized spacial score (nSPS) is 11.9. The number of para-hydroxylation sites is 4. The Hall–Kier alpha value is -5.00. The summed E-state index contributed by atoms with van der Waals surface area (Å²) in [7, 11) is 4.91. The SMILES string of the molecule is C1CCOC1.C1CCOC1.COC(=O)NC(=S)Nc1ccccc1NC(=S)NC(=O)OC.COC(=O)NC(=S)Nc1ccccc1NC(=S)NC(=O)OC. The van der Waals surface area contributed by atoms with Gasteiger partial charge in [-0.3, -0.25) is 21.3 Å². The number of ether oxygens (including phenoxy) is 6. The molecule has 0 spiro atoms. The maximum atomic E-state index is 11.1. The van der Waals surface area contributed by atoms with Gasteiger partial charge in [-0.1, -0.05) is 24.3 Å². The number of amides is 4. The van der Waals surface area contributed by atoms with Crippen LogP contribution < -0.4 is 42.5 Å². The van der Waals surface area contributed by atoms with Gasteiger partial charge in [-0.25, -0.2) is 19.2 Å². The average Bonchev–Trinajstić information content (AvgIpc) is 3.94. The van der Waals surface area contributed by atoms with Gasteiger partial charge in [0.2, 0.25) is 0 Å². The number of carbonyl (C=O) groups is 4. The van der Waals surface area contributed by atoms with Crippen LogP contribution in [0, 0.1) is 0 Å². The predicted molar refractivity (Wildman–Crippen MR) is 220 cm³/mol. The van der Waals surface area contributed by atoms with Crippen molar-refractivity contribution in [3.05, 3.63) is 48.5 Å². The van der Waals surface area contributed by atoms with E-state index >= 15 is 0 Å². The van der Waals surface area contributed by atoms with Crippen LogP contribution in [0.25, 0.3) is 0 Å². The lowest BCUT2D eigenvalue weighted by atomic mass is 10.2. The summed E-state index contributed by atoms with van der Waals surface area (Å²) in [5.74, 6) is 0. The molecule has 22 heteroatoms. The van der Waals surface area contributed by atoms with Crippen molar-refractivity contribution in [1.29, 1.82) is 0 Å². The molecule has 4 rings (SSSR count). The van der Waals surface area contributed by atoms with Crippen molar-refractivity contribution in [1.82, 2.24) is 21.3 Å². The fraction of sp³-hybridized carbons (Fsp3) is 0.375. The quantitative estimate of drug-likeness (QED) is 0.147. The van der Waals surface area contributed by atoms with Crippen LogP contribution in [0.2, 0.25) is 0 Å². The highest BCUT2D eigenvalue weighted by atomic mass is 32.1. The van der Waals surface area contributed by atoms with E-state index < -0.39 is 24.4 Å². The zero-order valence-electron chi connectivity index (χ0n) is 30.0. The number of methoxy groups -OCH3 is 4. The number of benzene rings is 2. The standard InChI is InChI=1S/2C12H14N4O4S2.2C4H8O/c2*1-19-11(17)15-9(21)13-7-5-3-4-6-8(7)14-10(22)16-12(18)20-2;2*1-2-4-5-3-1/h2*3-6H,1-2H3,(H2,13,15,17,21)(H2,14,16,18,22);2*1-4H2. The summed E-state index contributed by atoms with van der Waals surface area (Å²) in [4.78, 5) is 44.3. The zero-order valence-corrected chi connectivity index (χ0v) is 33.3. The van der Waals surface area contributed by atoms with Crippen LogP contribution in [0.3, 0.4) is 0 Å². The molecule has 8 N–H and O–H groups in total. The minimum Gasteiger partial charge on any atom is -0.453 e. The summed E-state index contributed by atoms with van der Waals surface area (Å²) >= 11 is 19.9. The summed E-state index contributed by atoms with van der Waals surface area (Å²) in [6.07, 6.45) is 2.35. The largest absolute Gasteiger partial charge is 0.453 e. The molecule has 0 atom stereocenters. The topological polar surface area (TPSA) is 220 Å². The first-order chi connectivity index (χ1) is 25.9. The molecule has 0 aliphatic carbocycles. The Labute approximate surface area is 334 Å². The second-order valence-corrected chi connectivity index (χ2v) is 11.6. The first-order valence-corrected chi connectivity index (χ1v) is 17.5. The van der Waals surface area contributed by atoms with Gasteiger partial charge in [0, 0.05) is 26.4 Å². The number of alkyl carbamates (subject to hydrolysis) is 4. The third-order valence-electron chi connectivity index (χ3n) is 6.11. The number of carbonyl (C=O) groups excluding carboxylic acids is 4. The van der Waals surface area contributed by atoms with Gasteiger partial charge in [0.15, 0.2) is 20.4 Å². The van der Waals surface area contributed by atoms with E-state index in [0.717, 1.165) is 26.4 Å². The fourth-order valence-electron chi connectivity index (χ4n) is 3.61. The Balaban J connectivity index is 0.000000426. The third-order valence-corrected chi connectivity index (χ3v) is 6.92. The lowest BCUT2D eigenvalue weighted by molar-refractivity contribution is 0.176. The molecule has 2 fully saturated rings. The molecule has 0 aromatic heterocycles. The fourth-order valence-corrected chi connectivity index (χ4v) is 4.39. The lowest BCUT2D eigenvalue weighted by Gasteiger charge is -2.15. The van der Waals surface area contributed by atoms with Crippen molar-refractivity contribution in [3.8, 4) is 0 Å². The highest BCUT2D eigenvalue weighted by Crippen LogP contribution is 2.21. The van der Waals surface area contributed by atoms with Crippen LogP contribution in [-0.4, -0.2) is 99.7 Å². The molecule has 2 aliphatic rings. The van der Waals surface area contributed by atoms with Crippen molar-refractivity contribution < 1.29 is 47.6 Å². The summed E-state index contributed by atoms with van der Waals surface area (Å²) in [6.45, 7) is 4.00. The van der Waals surface area contributed by atoms with Gasteiger partial charge in [-0.15, -0.1) is 0 Å². The second-order valence-electron chi connectivity index (χ2n) is 10.0. The number of thiocarbonyl (C=S) groups is 4. The van der Waals surface area contributed by atoms with E-state index in [4.69, 9.17) is 58.3 Å². The molecule has 296 valence electrons. The average molecular weight is 829 g/mol. The molecule has 0 bridgehead atoms. The maximum absolute atomic E-state index is 11.1. The van der Waals surface area contributed by atoms with E-state index in [-0.39, 0.29) is 20.4 Å². The molecule has 2 aromatic carbocycles. The monoisotopic (exact) mass is 828 g/mol. The van der Waals surface area contributed by atoms with E-state index in [2.05, 4.69) is 61.5 Å². The number of hydrogen-bond donors (Lipinski definition) is 8. The van der Waals surface area contributed by atoms with Gasteiger partial charge in [0.1, 0.15) is 0 Å². The molecule has 18 nitrogen and oxygen atoms in total. The van der Waals surface area contributed by atoms with E-state index in [9.17, 15) is 19.2 Å². The van der Waals surface area contributed by atoms with E-state index in [1.165, 1.54) is 54.1 Å². The number of rotatable bonds is 4. The van der Waals surface area contributed by atoms with Gasteiger partial charge in [-0.05, 0) is 98.8 Å². The molecule has 2 aromatic rings. The van der Waals surface area contributed by atoms with Crippen LogP contribution in [-0.2, 0) is 28.4 Å². The summed E-state index contributed by atoms with van der Waals surface area (Å²) in [6, 6.07) is 13.8. The van der Waals surface area contributed by atoms with Gasteiger partial charge in [0.25, 0.3) is 0 Å². The van der Waals surface area contributed by atoms with Crippen LogP contribution in [0.15, 0.2) is 48.5 Å². The van der Waals surface area contributed by atoms with Crippen molar-refractivity contribution in [2.24, 2.45) is 0 Å². The molecule has 2 saturated heterocycles. The molecular formula is C32H44N8O10S4. The van der Waals surface area contributed by atoms with E-state index in [1.807, 2.05) is 0 Å². The van der Waals surface area contributed by atoms with Gasteiger partial charge in [0.05, 0.1) is 51.2 Å². The number of nitrogens with one attached hydrogen (secondary N) is 8. The minimum absolute atomic E-state index is 0.0490. The Morgan fingerprint density at radius 1 is 0.444 bits per heavy atom. The highest BCUT2D eigenvalue weighted by molar-refractivity contribution is 7.81. The minimum atomic E-state index is -0.689. The zero-order chi connectivity index (χ0) is 40.1. The second kappa shape index (κ2) is 28.5. The molecule has 0 unspecified atom stereocenters. The Morgan fingerprint density at radius 2 is 0.648 bits per heavy atom. The first kappa shape index (κ1) is 47.0. The summed E-state index contributed by atoms with van der Waals surface area (Å²) in [5, 5.41) is 20.6. The smallest absolute Gasteiger partial charge is 0.413 e. The predicted octanol–water partition coefficient (Wildman–Crippen LogP) is 5.18. The van der Waals surface area contributed by atoms with Gasteiger partial charge >= 0.3 is 24.4 Å². The first-order valence-electron chi connectivity index (χ1n) is 15.9. The Morgan fingerprint density at radius 3 is 0.796 bits per heavy atom. The molecular weight excluding hydrogens is 785 g/mol. The van der Waals surface area contributed by atoms with Crippen LogP contribution in [0.5, 0.6) is 0 Å². The highest BCUT2D eigenvalue weighted by Gasteiger charge is 2.11. The van der Waals surface area contributed by atoms with Crippen molar-refractivity contribution in [2.45, 2.75) is 25.7 Å². The van der Waals surface area contributed by atoms with Crippen molar-refractivity contribution >= 4 is 116 Å². The third kappa shape index (κ3) is 22.2. The van der Waals surface area contributed by atoms with Crippen LogP contribution in [0.1, 0.15) is 25.7 Å². The van der Waals surface area contributed by atoms with E-state index in [0.29, 0.717) is 22.7 Å². The Kier molecular flexibility index (Phi) is 24.8. The molecule has 2 heterocycles. The molecule has 4 amide bonds. The maximum Gasteiger partial charge on any atom is 0.413 e. The number of anilines is 4. The molecule has 54 heavy (non-hydrogen) atoms. The number of hydrogen-bond acceptors (Lipinski definition) is 14. The van der Waals surface area contributed by atoms with Crippen LogP contribution in [0.4, 0.5) is 41.9 Å². The van der Waals surface area contributed by atoms with E-state index in [1.54, 1.807) is 48.5 Å². The van der Waals surface area contributed by atoms with Gasteiger partial charge in [-0.2, -0.15) is 0 Å².